The van der Waals surface area contributed by atoms with Gasteiger partial charge in [0.15, 0.2) is 0 Å². The number of hydrogen-bond acceptors (Lipinski definition) is 2. The molecule has 0 amide bonds. The zero-order valence-electron chi connectivity index (χ0n) is 8.85. The number of rotatable bonds is 4. The third kappa shape index (κ3) is 4.28. The molecule has 0 radical (unpaired) electrons. The average molecular weight is 276 g/mol. The van der Waals surface area contributed by atoms with E-state index in [0.29, 0.717) is 17.6 Å². The van der Waals surface area contributed by atoms with Crippen LogP contribution in [0.25, 0.3) is 0 Å². The zero-order valence-corrected chi connectivity index (χ0v) is 10.4. The Morgan fingerprint density at radius 2 is 2.13 bits per heavy atom. The second kappa shape index (κ2) is 5.05. The summed E-state index contributed by atoms with van der Waals surface area (Å²) >= 11 is 3.18. The van der Waals surface area contributed by atoms with Gasteiger partial charge in [-0.15, -0.1) is 0 Å². The molecule has 0 saturated carbocycles. The minimum atomic E-state index is -0.750. The molecule has 0 aliphatic carbocycles. The van der Waals surface area contributed by atoms with Crippen molar-refractivity contribution in [3.05, 3.63) is 34.1 Å². The molecule has 0 aromatic heterocycles. The summed E-state index contributed by atoms with van der Waals surface area (Å²) in [5.41, 5.74) is 0.0963. The first kappa shape index (κ1) is 12.6. The Labute approximate surface area is 97.6 Å². The van der Waals surface area contributed by atoms with Crippen LogP contribution in [0.4, 0.5) is 4.39 Å². The van der Waals surface area contributed by atoms with Gasteiger partial charge in [0.25, 0.3) is 0 Å². The molecule has 0 unspecified atom stereocenters. The van der Waals surface area contributed by atoms with Gasteiger partial charge in [0.05, 0.1) is 10.1 Å². The molecule has 84 valence electrons. The van der Waals surface area contributed by atoms with Crippen molar-refractivity contribution in [2.75, 3.05) is 6.54 Å². The highest BCUT2D eigenvalue weighted by Crippen LogP contribution is 2.20. The SMILES string of the molecule is CC(C)(O)CNCc1cccc(F)c1Br. The summed E-state index contributed by atoms with van der Waals surface area (Å²) in [5, 5.41) is 12.5. The first-order valence-corrected chi connectivity index (χ1v) is 5.55. The highest BCUT2D eigenvalue weighted by atomic mass is 79.9. The molecule has 2 nitrogen and oxygen atoms in total. The molecule has 2 N–H and O–H groups in total. The summed E-state index contributed by atoms with van der Waals surface area (Å²) in [5.74, 6) is -0.266. The third-order valence-electron chi connectivity index (χ3n) is 1.90. The van der Waals surface area contributed by atoms with Crippen molar-refractivity contribution in [3.8, 4) is 0 Å². The molecule has 0 bridgehead atoms. The second-order valence-corrected chi connectivity index (χ2v) is 4.92. The van der Waals surface area contributed by atoms with E-state index in [1.54, 1.807) is 19.9 Å². The Morgan fingerprint density at radius 1 is 1.47 bits per heavy atom. The van der Waals surface area contributed by atoms with Gasteiger partial charge in [-0.2, -0.15) is 0 Å². The molecule has 1 rings (SSSR count). The predicted molar refractivity (Wildman–Crippen MR) is 62.1 cm³/mol. The van der Waals surface area contributed by atoms with E-state index < -0.39 is 5.60 Å². The van der Waals surface area contributed by atoms with Crippen molar-refractivity contribution in [1.29, 1.82) is 0 Å². The van der Waals surface area contributed by atoms with Crippen molar-refractivity contribution < 1.29 is 9.50 Å². The van der Waals surface area contributed by atoms with E-state index in [4.69, 9.17) is 0 Å². The molecule has 0 heterocycles. The number of halogens is 2. The van der Waals surface area contributed by atoms with Crippen LogP contribution in [0.1, 0.15) is 19.4 Å². The van der Waals surface area contributed by atoms with Gasteiger partial charge in [-0.3, -0.25) is 0 Å². The van der Waals surface area contributed by atoms with Crippen LogP contribution >= 0.6 is 15.9 Å². The second-order valence-electron chi connectivity index (χ2n) is 4.13. The molecule has 0 aliphatic rings. The van der Waals surface area contributed by atoms with Gasteiger partial charge < -0.3 is 10.4 Å². The van der Waals surface area contributed by atoms with Crippen molar-refractivity contribution in [3.63, 3.8) is 0 Å². The van der Waals surface area contributed by atoms with Crippen molar-refractivity contribution >= 4 is 15.9 Å². The maximum Gasteiger partial charge on any atom is 0.137 e. The molecule has 0 saturated heterocycles. The number of benzene rings is 1. The van der Waals surface area contributed by atoms with E-state index in [-0.39, 0.29) is 5.82 Å². The standard InChI is InChI=1S/C11H15BrFNO/c1-11(2,15)7-14-6-8-4-3-5-9(13)10(8)12/h3-5,14-15H,6-7H2,1-2H3. The molecule has 0 aliphatic heterocycles. The fraction of sp³-hybridized carbons (Fsp3) is 0.455. The smallest absolute Gasteiger partial charge is 0.137 e. The Morgan fingerprint density at radius 3 is 2.73 bits per heavy atom. The van der Waals surface area contributed by atoms with Gasteiger partial charge in [0, 0.05) is 13.1 Å². The summed E-state index contributed by atoms with van der Waals surface area (Å²) < 4.78 is 13.6. The monoisotopic (exact) mass is 275 g/mol. The van der Waals surface area contributed by atoms with E-state index in [0.717, 1.165) is 5.56 Å². The highest BCUT2D eigenvalue weighted by Gasteiger charge is 2.12. The normalized spacial score (nSPS) is 11.8. The van der Waals surface area contributed by atoms with Crippen LogP contribution in [0.3, 0.4) is 0 Å². The lowest BCUT2D eigenvalue weighted by molar-refractivity contribution is 0.0795. The summed E-state index contributed by atoms with van der Waals surface area (Å²) in [6.45, 7) is 4.44. The molecule has 1 aromatic carbocycles. The van der Waals surface area contributed by atoms with Gasteiger partial charge in [-0.25, -0.2) is 4.39 Å². The summed E-state index contributed by atoms with van der Waals surface area (Å²) in [7, 11) is 0. The van der Waals surface area contributed by atoms with Crippen LogP contribution in [0.2, 0.25) is 0 Å². The van der Waals surface area contributed by atoms with Crippen LogP contribution in [0, 0.1) is 5.82 Å². The molecular formula is C11H15BrFNO. The Balaban J connectivity index is 2.55. The van der Waals surface area contributed by atoms with Crippen molar-refractivity contribution in [1.82, 2.24) is 5.32 Å². The highest BCUT2D eigenvalue weighted by molar-refractivity contribution is 9.10. The maximum atomic E-state index is 13.1. The number of nitrogens with one attached hydrogen (secondary N) is 1. The lowest BCUT2D eigenvalue weighted by Gasteiger charge is -2.18. The largest absolute Gasteiger partial charge is 0.389 e. The van der Waals surface area contributed by atoms with Gasteiger partial charge >= 0.3 is 0 Å². The van der Waals surface area contributed by atoms with Crippen LogP contribution < -0.4 is 5.32 Å². The van der Waals surface area contributed by atoms with Crippen LogP contribution in [-0.2, 0) is 6.54 Å². The van der Waals surface area contributed by atoms with E-state index in [9.17, 15) is 9.50 Å². The Bertz CT molecular complexity index is 336. The first-order chi connectivity index (χ1) is 6.90. The minimum absolute atomic E-state index is 0.266. The number of hydrogen-bond donors (Lipinski definition) is 2. The molecule has 15 heavy (non-hydrogen) atoms. The van der Waals surface area contributed by atoms with E-state index >= 15 is 0 Å². The topological polar surface area (TPSA) is 32.3 Å². The Kier molecular flexibility index (Phi) is 4.25. The van der Waals surface area contributed by atoms with Gasteiger partial charge in [-0.1, -0.05) is 12.1 Å². The third-order valence-corrected chi connectivity index (χ3v) is 2.79. The van der Waals surface area contributed by atoms with Crippen LogP contribution in [0.5, 0.6) is 0 Å². The molecular weight excluding hydrogens is 261 g/mol. The quantitative estimate of drug-likeness (QED) is 0.885. The average Bonchev–Trinajstić information content (AvgIpc) is 2.10. The minimum Gasteiger partial charge on any atom is -0.389 e. The van der Waals surface area contributed by atoms with E-state index in [1.165, 1.54) is 6.07 Å². The molecule has 0 fully saturated rings. The molecule has 1 aromatic rings. The predicted octanol–water partition coefficient (Wildman–Crippen LogP) is 2.45. The fourth-order valence-electron chi connectivity index (χ4n) is 1.19. The van der Waals surface area contributed by atoms with E-state index in [2.05, 4.69) is 21.2 Å². The first-order valence-electron chi connectivity index (χ1n) is 4.76. The van der Waals surface area contributed by atoms with Crippen molar-refractivity contribution in [2.45, 2.75) is 26.0 Å². The lowest BCUT2D eigenvalue weighted by Crippen LogP contribution is -2.34. The summed E-state index contributed by atoms with van der Waals surface area (Å²) in [6, 6.07) is 4.91. The van der Waals surface area contributed by atoms with Gasteiger partial charge in [0.1, 0.15) is 5.82 Å². The summed E-state index contributed by atoms with van der Waals surface area (Å²) in [4.78, 5) is 0. The van der Waals surface area contributed by atoms with Crippen molar-refractivity contribution in [2.24, 2.45) is 0 Å². The molecule has 0 spiro atoms. The fourth-order valence-corrected chi connectivity index (χ4v) is 1.59. The zero-order chi connectivity index (χ0) is 11.5. The van der Waals surface area contributed by atoms with Gasteiger partial charge in [-0.05, 0) is 41.4 Å². The molecule has 0 atom stereocenters. The van der Waals surface area contributed by atoms with Crippen LogP contribution in [0.15, 0.2) is 22.7 Å². The lowest BCUT2D eigenvalue weighted by atomic mass is 10.1. The molecule has 4 heteroatoms. The van der Waals surface area contributed by atoms with Crippen LogP contribution in [-0.4, -0.2) is 17.3 Å². The maximum absolute atomic E-state index is 13.1. The van der Waals surface area contributed by atoms with E-state index in [1.807, 2.05) is 6.07 Å². The van der Waals surface area contributed by atoms with Gasteiger partial charge in [0.2, 0.25) is 0 Å². The summed E-state index contributed by atoms with van der Waals surface area (Å²) in [6.07, 6.45) is 0. The Hall–Kier alpha value is -0.450. The number of aliphatic hydroxyl groups is 1.